The van der Waals surface area contributed by atoms with Gasteiger partial charge in [-0.15, -0.1) is 0 Å². The molecule has 11 aromatic rings. The van der Waals surface area contributed by atoms with Crippen LogP contribution in [0.5, 0.6) is 0 Å². The summed E-state index contributed by atoms with van der Waals surface area (Å²) in [5, 5.41) is 4.33. The maximum Gasteiger partial charge on any atom is 0.235 e. The SMILES string of the molecule is C(#Cc1cc2c(cc1-c1ccc(-c3ccccc3)cc1)oc1ccccc12)c1ccc2c(c1)c1ccccc1n2-c1nc(-c2ccccc2)cc(-c2ccccc2)n1. The van der Waals surface area contributed by atoms with Gasteiger partial charge in [0, 0.05) is 49.4 Å². The second-order valence-electron chi connectivity index (χ2n) is 14.4. The van der Waals surface area contributed by atoms with Crippen molar-refractivity contribution in [3.05, 3.63) is 211 Å². The summed E-state index contributed by atoms with van der Waals surface area (Å²) in [6, 6.07) is 69.3. The second kappa shape index (κ2) is 13.9. The van der Waals surface area contributed by atoms with Crippen LogP contribution in [0.3, 0.4) is 0 Å². The van der Waals surface area contributed by atoms with Gasteiger partial charge < -0.3 is 4.42 Å². The summed E-state index contributed by atoms with van der Waals surface area (Å²) in [4.78, 5) is 10.4. The Labute approximate surface area is 335 Å². The van der Waals surface area contributed by atoms with Crippen molar-refractivity contribution in [1.82, 2.24) is 14.5 Å². The Kier molecular flexibility index (Phi) is 8.01. The zero-order chi connectivity index (χ0) is 38.4. The molecular weight excluding hydrogens is 707 g/mol. The number of para-hydroxylation sites is 2. The first-order chi connectivity index (χ1) is 28.7. The average molecular weight is 740 g/mol. The van der Waals surface area contributed by atoms with Crippen LogP contribution >= 0.6 is 0 Å². The van der Waals surface area contributed by atoms with Crippen molar-refractivity contribution in [3.8, 4) is 62.6 Å². The average Bonchev–Trinajstić information content (AvgIpc) is 3.83. The Morgan fingerprint density at radius 1 is 0.379 bits per heavy atom. The molecule has 0 bridgehead atoms. The molecule has 11 rings (SSSR count). The van der Waals surface area contributed by atoms with E-state index in [1.165, 1.54) is 11.1 Å². The normalized spacial score (nSPS) is 11.3. The molecule has 0 amide bonds. The maximum atomic E-state index is 6.36. The monoisotopic (exact) mass is 739 g/mol. The first kappa shape index (κ1) is 33.3. The number of rotatable bonds is 5. The number of hydrogen-bond donors (Lipinski definition) is 0. The molecule has 4 nitrogen and oxygen atoms in total. The van der Waals surface area contributed by atoms with Crippen molar-refractivity contribution in [2.45, 2.75) is 0 Å². The van der Waals surface area contributed by atoms with Crippen molar-refractivity contribution >= 4 is 43.7 Å². The van der Waals surface area contributed by atoms with E-state index in [1.807, 2.05) is 54.6 Å². The summed E-state index contributed by atoms with van der Waals surface area (Å²) in [6.45, 7) is 0. The fourth-order valence-electron chi connectivity index (χ4n) is 8.04. The van der Waals surface area contributed by atoms with Gasteiger partial charge in [0.1, 0.15) is 11.2 Å². The molecule has 0 aliphatic rings. The highest BCUT2D eigenvalue weighted by Gasteiger charge is 2.18. The quantitative estimate of drug-likeness (QED) is 0.165. The number of benzene rings is 8. The number of fused-ring (bicyclic) bond motifs is 6. The number of nitrogens with zero attached hydrogens (tertiary/aromatic N) is 3. The molecule has 58 heavy (non-hydrogen) atoms. The number of furan rings is 1. The first-order valence-corrected chi connectivity index (χ1v) is 19.4. The summed E-state index contributed by atoms with van der Waals surface area (Å²) in [7, 11) is 0. The van der Waals surface area contributed by atoms with E-state index in [4.69, 9.17) is 14.4 Å². The molecule has 0 radical (unpaired) electrons. The summed E-state index contributed by atoms with van der Waals surface area (Å²) in [6.07, 6.45) is 0. The largest absolute Gasteiger partial charge is 0.456 e. The van der Waals surface area contributed by atoms with Crippen LogP contribution in [0.15, 0.2) is 205 Å². The van der Waals surface area contributed by atoms with Crippen molar-refractivity contribution in [2.24, 2.45) is 0 Å². The lowest BCUT2D eigenvalue weighted by Crippen LogP contribution is -2.04. The first-order valence-electron chi connectivity index (χ1n) is 19.4. The van der Waals surface area contributed by atoms with E-state index in [2.05, 4.69) is 162 Å². The van der Waals surface area contributed by atoms with E-state index in [9.17, 15) is 0 Å². The molecule has 270 valence electrons. The highest BCUT2D eigenvalue weighted by Crippen LogP contribution is 2.37. The van der Waals surface area contributed by atoms with Gasteiger partial charge in [0.15, 0.2) is 0 Å². The van der Waals surface area contributed by atoms with Crippen molar-refractivity contribution < 1.29 is 4.42 Å². The highest BCUT2D eigenvalue weighted by molar-refractivity contribution is 6.10. The Bertz CT molecular complexity index is 3310. The van der Waals surface area contributed by atoms with Crippen molar-refractivity contribution in [3.63, 3.8) is 0 Å². The molecule has 3 aromatic heterocycles. The van der Waals surface area contributed by atoms with E-state index in [0.717, 1.165) is 88.5 Å². The molecule has 8 aromatic carbocycles. The molecule has 0 atom stereocenters. The zero-order valence-electron chi connectivity index (χ0n) is 31.3. The maximum absolute atomic E-state index is 6.36. The Balaban J connectivity index is 1.06. The van der Waals surface area contributed by atoms with Gasteiger partial charge in [-0.25, -0.2) is 9.97 Å². The third-order valence-electron chi connectivity index (χ3n) is 10.9. The fourth-order valence-corrected chi connectivity index (χ4v) is 8.04. The minimum atomic E-state index is 0.619. The van der Waals surface area contributed by atoms with Crippen LogP contribution in [0.1, 0.15) is 11.1 Å². The van der Waals surface area contributed by atoms with Gasteiger partial charge in [0.05, 0.1) is 22.4 Å². The smallest absolute Gasteiger partial charge is 0.235 e. The lowest BCUT2D eigenvalue weighted by atomic mass is 9.95. The standard InChI is InChI=1S/C54H33N3O/c1-4-14-37(15-5-1)38-27-29-39(30-28-38)45-34-53-47(44-21-11-13-23-52(44)58-53)33-42(45)26-24-36-25-31-51-46(32-36)43-20-10-12-22-50(43)57(51)54-55-48(40-16-6-2-7-17-40)35-49(56-54)41-18-8-3-9-19-41/h1-23,25,27-35H. The fraction of sp³-hybridized carbons (Fsp3) is 0. The van der Waals surface area contributed by atoms with Crippen LogP contribution in [-0.2, 0) is 0 Å². The highest BCUT2D eigenvalue weighted by atomic mass is 16.3. The lowest BCUT2D eigenvalue weighted by Gasteiger charge is -2.11. The van der Waals surface area contributed by atoms with Gasteiger partial charge in [-0.05, 0) is 65.2 Å². The summed E-state index contributed by atoms with van der Waals surface area (Å²) >= 11 is 0. The molecule has 0 spiro atoms. The molecule has 0 N–H and O–H groups in total. The van der Waals surface area contributed by atoms with Crippen LogP contribution < -0.4 is 0 Å². The van der Waals surface area contributed by atoms with E-state index in [-0.39, 0.29) is 0 Å². The van der Waals surface area contributed by atoms with Crippen molar-refractivity contribution in [1.29, 1.82) is 0 Å². The van der Waals surface area contributed by atoms with E-state index in [1.54, 1.807) is 0 Å². The Hall–Kier alpha value is -8.00. The second-order valence-corrected chi connectivity index (χ2v) is 14.4. The summed E-state index contributed by atoms with van der Waals surface area (Å²) in [5.41, 5.74) is 13.9. The third kappa shape index (κ3) is 5.91. The van der Waals surface area contributed by atoms with Gasteiger partial charge in [0.2, 0.25) is 5.95 Å². The zero-order valence-corrected chi connectivity index (χ0v) is 31.3. The summed E-state index contributed by atoms with van der Waals surface area (Å²) < 4.78 is 8.53. The van der Waals surface area contributed by atoms with Gasteiger partial charge >= 0.3 is 0 Å². The Morgan fingerprint density at radius 2 is 0.948 bits per heavy atom. The predicted octanol–water partition coefficient (Wildman–Crippen LogP) is 13.5. The van der Waals surface area contributed by atoms with Gasteiger partial charge in [-0.2, -0.15) is 0 Å². The van der Waals surface area contributed by atoms with E-state index >= 15 is 0 Å². The lowest BCUT2D eigenvalue weighted by molar-refractivity contribution is 0.669. The van der Waals surface area contributed by atoms with Crippen LogP contribution in [-0.4, -0.2) is 14.5 Å². The van der Waals surface area contributed by atoms with Crippen molar-refractivity contribution in [2.75, 3.05) is 0 Å². The third-order valence-corrected chi connectivity index (χ3v) is 10.9. The van der Waals surface area contributed by atoms with Crippen LogP contribution in [0.25, 0.3) is 94.5 Å². The molecule has 0 aliphatic carbocycles. The van der Waals surface area contributed by atoms with Crippen LogP contribution in [0.2, 0.25) is 0 Å². The molecule has 4 heteroatoms. The predicted molar refractivity (Wildman–Crippen MR) is 238 cm³/mol. The minimum Gasteiger partial charge on any atom is -0.456 e. The Morgan fingerprint density at radius 3 is 1.66 bits per heavy atom. The topological polar surface area (TPSA) is 43.9 Å². The minimum absolute atomic E-state index is 0.619. The molecule has 0 saturated heterocycles. The van der Waals surface area contributed by atoms with Gasteiger partial charge in [0.25, 0.3) is 0 Å². The molecule has 0 aliphatic heterocycles. The van der Waals surface area contributed by atoms with Crippen LogP contribution in [0, 0.1) is 11.8 Å². The molecule has 0 saturated carbocycles. The van der Waals surface area contributed by atoms with Gasteiger partial charge in [-0.1, -0.05) is 164 Å². The van der Waals surface area contributed by atoms with Crippen LogP contribution in [0.4, 0.5) is 0 Å². The number of hydrogen-bond acceptors (Lipinski definition) is 3. The molecular formula is C54H33N3O. The summed E-state index contributed by atoms with van der Waals surface area (Å²) in [5.74, 6) is 7.78. The van der Waals surface area contributed by atoms with E-state index < -0.39 is 0 Å². The molecule has 0 unspecified atom stereocenters. The number of aromatic nitrogens is 3. The van der Waals surface area contributed by atoms with Gasteiger partial charge in [-0.3, -0.25) is 4.57 Å². The molecule has 3 heterocycles. The van der Waals surface area contributed by atoms with E-state index in [0.29, 0.717) is 5.95 Å². The molecule has 0 fully saturated rings.